The quantitative estimate of drug-likeness (QED) is 0.891. The number of hydrogen-bond acceptors (Lipinski definition) is 4. The lowest BCUT2D eigenvalue weighted by molar-refractivity contribution is -0.0413. The first-order valence-corrected chi connectivity index (χ1v) is 7.74. The summed E-state index contributed by atoms with van der Waals surface area (Å²) in [6, 6.07) is 4.86. The first-order valence-electron chi connectivity index (χ1n) is 7.74. The maximum atomic E-state index is 5.87. The monoisotopic (exact) mass is 275 g/mol. The molecular weight excluding hydrogens is 250 g/mol. The zero-order valence-electron chi connectivity index (χ0n) is 12.5. The SMILES string of the molecule is CC(C)NCc1ccc(CN2CC3CCC(C2)O3)nc1. The molecule has 2 aliphatic heterocycles. The van der Waals surface area contributed by atoms with Crippen LogP contribution in [0.1, 0.15) is 37.9 Å². The van der Waals surface area contributed by atoms with Gasteiger partial charge in [-0.1, -0.05) is 19.9 Å². The van der Waals surface area contributed by atoms with E-state index in [1.54, 1.807) is 0 Å². The normalized spacial score (nSPS) is 26.4. The Bertz CT molecular complexity index is 420. The number of nitrogens with one attached hydrogen (secondary N) is 1. The van der Waals surface area contributed by atoms with E-state index in [1.807, 2.05) is 6.20 Å². The molecule has 0 amide bonds. The van der Waals surface area contributed by atoms with E-state index in [4.69, 9.17) is 4.74 Å². The molecule has 20 heavy (non-hydrogen) atoms. The third-order valence-corrected chi connectivity index (χ3v) is 4.11. The molecule has 1 aromatic heterocycles. The highest BCUT2D eigenvalue weighted by Gasteiger charge is 2.33. The van der Waals surface area contributed by atoms with Crippen molar-refractivity contribution >= 4 is 0 Å². The van der Waals surface area contributed by atoms with Gasteiger partial charge in [0.15, 0.2) is 0 Å². The Morgan fingerprint density at radius 2 is 2.05 bits per heavy atom. The number of pyridine rings is 1. The van der Waals surface area contributed by atoms with Gasteiger partial charge in [-0.15, -0.1) is 0 Å². The van der Waals surface area contributed by atoms with Crippen molar-refractivity contribution in [3.05, 3.63) is 29.6 Å². The summed E-state index contributed by atoms with van der Waals surface area (Å²) in [5.74, 6) is 0. The lowest BCUT2D eigenvalue weighted by atomic mass is 10.2. The van der Waals surface area contributed by atoms with Crippen molar-refractivity contribution in [3.63, 3.8) is 0 Å². The highest BCUT2D eigenvalue weighted by molar-refractivity contribution is 5.14. The highest BCUT2D eigenvalue weighted by Crippen LogP contribution is 2.26. The van der Waals surface area contributed by atoms with Crippen molar-refractivity contribution in [1.29, 1.82) is 0 Å². The molecule has 2 aliphatic rings. The van der Waals surface area contributed by atoms with Crippen LogP contribution in [-0.4, -0.2) is 41.2 Å². The minimum atomic E-state index is 0.461. The van der Waals surface area contributed by atoms with Crippen LogP contribution in [-0.2, 0) is 17.8 Å². The summed E-state index contributed by atoms with van der Waals surface area (Å²) >= 11 is 0. The molecule has 0 aliphatic carbocycles. The van der Waals surface area contributed by atoms with Crippen LogP contribution in [0.15, 0.2) is 18.3 Å². The molecule has 4 nitrogen and oxygen atoms in total. The van der Waals surface area contributed by atoms with Crippen LogP contribution < -0.4 is 5.32 Å². The molecule has 1 aromatic rings. The minimum absolute atomic E-state index is 0.461. The maximum absolute atomic E-state index is 5.87. The van der Waals surface area contributed by atoms with Gasteiger partial charge in [0.25, 0.3) is 0 Å². The van der Waals surface area contributed by atoms with Crippen molar-refractivity contribution in [2.24, 2.45) is 0 Å². The van der Waals surface area contributed by atoms with Crippen molar-refractivity contribution in [3.8, 4) is 0 Å². The van der Waals surface area contributed by atoms with Crippen molar-refractivity contribution in [2.75, 3.05) is 13.1 Å². The molecule has 2 saturated heterocycles. The fraction of sp³-hybridized carbons (Fsp3) is 0.688. The molecule has 0 aromatic carbocycles. The number of fused-ring (bicyclic) bond motifs is 2. The molecule has 110 valence electrons. The topological polar surface area (TPSA) is 37.4 Å². The van der Waals surface area contributed by atoms with E-state index in [9.17, 15) is 0 Å². The average Bonchev–Trinajstić information content (AvgIpc) is 2.77. The van der Waals surface area contributed by atoms with E-state index < -0.39 is 0 Å². The van der Waals surface area contributed by atoms with E-state index >= 15 is 0 Å². The van der Waals surface area contributed by atoms with Gasteiger partial charge in [-0.05, 0) is 24.5 Å². The number of ether oxygens (including phenoxy) is 1. The molecule has 0 radical (unpaired) electrons. The first-order chi connectivity index (χ1) is 9.69. The van der Waals surface area contributed by atoms with Crippen LogP contribution in [0.25, 0.3) is 0 Å². The molecule has 0 spiro atoms. The fourth-order valence-corrected chi connectivity index (χ4v) is 3.03. The molecule has 4 heteroatoms. The average molecular weight is 275 g/mol. The number of hydrogen-bond donors (Lipinski definition) is 1. The van der Waals surface area contributed by atoms with Crippen LogP contribution in [0, 0.1) is 0 Å². The second-order valence-corrected chi connectivity index (χ2v) is 6.34. The van der Waals surface area contributed by atoms with E-state index in [2.05, 4.69) is 41.2 Å². The lowest BCUT2D eigenvalue weighted by Gasteiger charge is -2.31. The molecule has 3 rings (SSSR count). The van der Waals surface area contributed by atoms with Crippen LogP contribution in [0.4, 0.5) is 0 Å². The Balaban J connectivity index is 1.53. The van der Waals surface area contributed by atoms with Gasteiger partial charge in [0.1, 0.15) is 0 Å². The zero-order valence-corrected chi connectivity index (χ0v) is 12.5. The minimum Gasteiger partial charge on any atom is -0.372 e. The summed E-state index contributed by atoms with van der Waals surface area (Å²) in [4.78, 5) is 7.09. The summed E-state index contributed by atoms with van der Waals surface area (Å²) < 4.78 is 5.87. The Kier molecular flexibility index (Phi) is 4.34. The van der Waals surface area contributed by atoms with Gasteiger partial charge in [-0.25, -0.2) is 0 Å². The van der Waals surface area contributed by atoms with Gasteiger partial charge < -0.3 is 10.1 Å². The van der Waals surface area contributed by atoms with E-state index in [0.29, 0.717) is 18.2 Å². The van der Waals surface area contributed by atoms with Gasteiger partial charge in [-0.2, -0.15) is 0 Å². The lowest BCUT2D eigenvalue weighted by Crippen LogP contribution is -2.42. The molecule has 0 saturated carbocycles. The van der Waals surface area contributed by atoms with Crippen molar-refractivity contribution < 1.29 is 4.74 Å². The van der Waals surface area contributed by atoms with Crippen LogP contribution in [0.5, 0.6) is 0 Å². The van der Waals surface area contributed by atoms with Gasteiger partial charge in [-0.3, -0.25) is 9.88 Å². The first kappa shape index (κ1) is 14.0. The second kappa shape index (κ2) is 6.20. The standard InChI is InChI=1S/C16H25N3O/c1-12(2)17-7-13-3-4-14(18-8-13)9-19-10-15-5-6-16(11-19)20-15/h3-4,8,12,15-17H,5-7,9-11H2,1-2H3. The molecular formula is C16H25N3O. The number of aromatic nitrogens is 1. The molecule has 2 unspecified atom stereocenters. The van der Waals surface area contributed by atoms with Gasteiger partial charge in [0.05, 0.1) is 17.9 Å². The Morgan fingerprint density at radius 3 is 2.65 bits per heavy atom. The molecule has 2 atom stereocenters. The van der Waals surface area contributed by atoms with E-state index in [1.165, 1.54) is 24.1 Å². The maximum Gasteiger partial charge on any atom is 0.0707 e. The number of morpholine rings is 1. The number of likely N-dealkylation sites (tertiary alicyclic amines) is 1. The third-order valence-electron chi connectivity index (χ3n) is 4.11. The zero-order chi connectivity index (χ0) is 13.9. The van der Waals surface area contributed by atoms with Crippen LogP contribution in [0.2, 0.25) is 0 Å². The van der Waals surface area contributed by atoms with Crippen molar-refractivity contribution in [1.82, 2.24) is 15.2 Å². The fourth-order valence-electron chi connectivity index (χ4n) is 3.03. The number of rotatable bonds is 5. The Morgan fingerprint density at radius 1 is 1.30 bits per heavy atom. The number of nitrogens with zero attached hydrogens (tertiary/aromatic N) is 2. The van der Waals surface area contributed by atoms with Gasteiger partial charge >= 0.3 is 0 Å². The van der Waals surface area contributed by atoms with Gasteiger partial charge in [0, 0.05) is 38.4 Å². The van der Waals surface area contributed by atoms with E-state index in [-0.39, 0.29) is 0 Å². The largest absolute Gasteiger partial charge is 0.372 e. The molecule has 2 bridgehead atoms. The summed E-state index contributed by atoms with van der Waals surface area (Å²) in [5.41, 5.74) is 2.42. The summed E-state index contributed by atoms with van der Waals surface area (Å²) in [6.45, 7) is 8.30. The van der Waals surface area contributed by atoms with Crippen LogP contribution >= 0.6 is 0 Å². The summed E-state index contributed by atoms with van der Waals surface area (Å²) in [5, 5.41) is 3.42. The molecule has 3 heterocycles. The van der Waals surface area contributed by atoms with Crippen molar-refractivity contribution in [2.45, 2.75) is 58.0 Å². The third kappa shape index (κ3) is 3.57. The Labute approximate surface area is 121 Å². The molecule has 2 fully saturated rings. The Hall–Kier alpha value is -0.970. The summed E-state index contributed by atoms with van der Waals surface area (Å²) in [6.07, 6.45) is 5.38. The summed E-state index contributed by atoms with van der Waals surface area (Å²) in [7, 11) is 0. The van der Waals surface area contributed by atoms with Gasteiger partial charge in [0.2, 0.25) is 0 Å². The predicted molar refractivity (Wildman–Crippen MR) is 79.4 cm³/mol. The van der Waals surface area contributed by atoms with E-state index in [0.717, 1.165) is 26.2 Å². The van der Waals surface area contributed by atoms with Crippen LogP contribution in [0.3, 0.4) is 0 Å². The second-order valence-electron chi connectivity index (χ2n) is 6.34. The molecule has 1 N–H and O–H groups in total. The predicted octanol–water partition coefficient (Wildman–Crippen LogP) is 1.94. The highest BCUT2D eigenvalue weighted by atomic mass is 16.5. The smallest absolute Gasteiger partial charge is 0.0707 e.